The van der Waals surface area contributed by atoms with Crippen molar-refractivity contribution in [3.05, 3.63) is 35.2 Å². The van der Waals surface area contributed by atoms with Crippen LogP contribution in [0.15, 0.2) is 18.2 Å². The van der Waals surface area contributed by atoms with Crippen LogP contribution in [0, 0.1) is 5.82 Å². The van der Waals surface area contributed by atoms with Gasteiger partial charge in [-0.1, -0.05) is 0 Å². The fraction of sp³-hybridized carbons (Fsp3) is 0.0909. The van der Waals surface area contributed by atoms with Crippen molar-refractivity contribution < 1.29 is 32.6 Å². The van der Waals surface area contributed by atoms with Crippen molar-refractivity contribution in [1.82, 2.24) is 0 Å². The van der Waals surface area contributed by atoms with Crippen LogP contribution in [0.2, 0.25) is 0 Å². The summed E-state index contributed by atoms with van der Waals surface area (Å²) in [7, 11) is 0. The van der Waals surface area contributed by atoms with Gasteiger partial charge in [0.1, 0.15) is 11.6 Å². The first kappa shape index (κ1) is 13.8. The van der Waals surface area contributed by atoms with Crippen LogP contribution >= 0.6 is 0 Å². The maximum atomic E-state index is 13.3. The quantitative estimate of drug-likeness (QED) is 0.652. The van der Waals surface area contributed by atoms with E-state index in [0.29, 0.717) is 6.08 Å². The lowest BCUT2D eigenvalue weighted by Gasteiger charge is -2.08. The Kier molecular flexibility index (Phi) is 4.47. The Morgan fingerprint density at radius 3 is 2.56 bits per heavy atom. The fourth-order valence-electron chi connectivity index (χ4n) is 1.18. The maximum absolute atomic E-state index is 13.3. The summed E-state index contributed by atoms with van der Waals surface area (Å²) in [5.41, 5.74) is -0.668. The molecular formula is C11H7F3O4. The lowest BCUT2D eigenvalue weighted by atomic mass is 10.1. The third kappa shape index (κ3) is 3.62. The molecule has 7 heteroatoms. The van der Waals surface area contributed by atoms with E-state index in [1.54, 1.807) is 0 Å². The van der Waals surface area contributed by atoms with E-state index in [-0.39, 0.29) is 11.8 Å². The number of hydrogen-bond acceptors (Lipinski definition) is 3. The summed E-state index contributed by atoms with van der Waals surface area (Å²) in [5.74, 6) is -3.01. The number of benzene rings is 1. The second-order valence-electron chi connectivity index (χ2n) is 3.08. The summed E-state index contributed by atoms with van der Waals surface area (Å²) >= 11 is 0. The zero-order chi connectivity index (χ0) is 13.7. The highest BCUT2D eigenvalue weighted by Crippen LogP contribution is 2.24. The minimum absolute atomic E-state index is 0.0175. The van der Waals surface area contributed by atoms with Gasteiger partial charge in [0.05, 0.1) is 5.56 Å². The molecule has 0 amide bonds. The largest absolute Gasteiger partial charge is 0.478 e. The number of rotatable bonds is 5. The Labute approximate surface area is 99.3 Å². The van der Waals surface area contributed by atoms with Gasteiger partial charge >= 0.3 is 12.6 Å². The van der Waals surface area contributed by atoms with Crippen LogP contribution in [0.25, 0.3) is 6.08 Å². The van der Waals surface area contributed by atoms with Crippen LogP contribution in [0.5, 0.6) is 5.75 Å². The Morgan fingerprint density at radius 2 is 2.06 bits per heavy atom. The SMILES string of the molecule is O=Cc1c(F)cc(/C=C/C(=O)O)cc1OC(F)F. The predicted octanol–water partition coefficient (Wildman–Crippen LogP) is 2.34. The van der Waals surface area contributed by atoms with E-state index in [4.69, 9.17) is 5.11 Å². The Bertz CT molecular complexity index is 497. The van der Waals surface area contributed by atoms with Crippen molar-refractivity contribution in [1.29, 1.82) is 0 Å². The first-order valence-electron chi connectivity index (χ1n) is 4.58. The average molecular weight is 260 g/mol. The lowest BCUT2D eigenvalue weighted by Crippen LogP contribution is -2.06. The molecule has 18 heavy (non-hydrogen) atoms. The highest BCUT2D eigenvalue weighted by molar-refractivity contribution is 5.86. The molecule has 0 atom stereocenters. The summed E-state index contributed by atoms with van der Waals surface area (Å²) in [5, 5.41) is 8.37. The highest BCUT2D eigenvalue weighted by Gasteiger charge is 2.14. The van der Waals surface area contributed by atoms with Crippen molar-refractivity contribution in [3.8, 4) is 5.75 Å². The third-order valence-corrected chi connectivity index (χ3v) is 1.87. The number of carboxylic acids is 1. The molecule has 0 bridgehead atoms. The van der Waals surface area contributed by atoms with Gasteiger partial charge in [-0.2, -0.15) is 8.78 Å². The van der Waals surface area contributed by atoms with Gasteiger partial charge in [0.2, 0.25) is 0 Å². The first-order chi connectivity index (χ1) is 8.43. The second-order valence-corrected chi connectivity index (χ2v) is 3.08. The number of aldehydes is 1. The summed E-state index contributed by atoms with van der Waals surface area (Å²) in [6.07, 6.45) is 1.72. The maximum Gasteiger partial charge on any atom is 0.387 e. The van der Waals surface area contributed by atoms with E-state index in [2.05, 4.69) is 4.74 Å². The zero-order valence-corrected chi connectivity index (χ0v) is 8.77. The first-order valence-corrected chi connectivity index (χ1v) is 4.58. The lowest BCUT2D eigenvalue weighted by molar-refractivity contribution is -0.131. The molecular weight excluding hydrogens is 253 g/mol. The highest BCUT2D eigenvalue weighted by atomic mass is 19.3. The van der Waals surface area contributed by atoms with Crippen LogP contribution in [0.4, 0.5) is 13.2 Å². The molecule has 0 aliphatic carbocycles. The Morgan fingerprint density at radius 1 is 1.39 bits per heavy atom. The summed E-state index contributed by atoms with van der Waals surface area (Å²) < 4.78 is 41.4. The number of ether oxygens (including phenoxy) is 1. The summed E-state index contributed by atoms with van der Waals surface area (Å²) in [4.78, 5) is 20.8. The summed E-state index contributed by atoms with van der Waals surface area (Å²) in [6.45, 7) is -3.22. The molecule has 0 aliphatic rings. The van der Waals surface area contributed by atoms with Gasteiger partial charge in [-0.15, -0.1) is 0 Å². The van der Waals surface area contributed by atoms with Gasteiger partial charge in [-0.05, 0) is 23.8 Å². The molecule has 0 radical (unpaired) electrons. The van der Waals surface area contributed by atoms with Gasteiger partial charge < -0.3 is 9.84 Å². The van der Waals surface area contributed by atoms with E-state index < -0.39 is 29.7 Å². The molecule has 4 nitrogen and oxygen atoms in total. The molecule has 1 aromatic carbocycles. The third-order valence-electron chi connectivity index (χ3n) is 1.87. The molecule has 0 saturated carbocycles. The van der Waals surface area contributed by atoms with Gasteiger partial charge in [0, 0.05) is 6.08 Å². The standard InChI is InChI=1S/C11H7F3O4/c12-8-3-6(1-2-10(16)17)4-9(7(8)5-15)18-11(13)14/h1-5,11H,(H,16,17)/b2-1+. The number of halogens is 3. The van der Waals surface area contributed by atoms with Crippen molar-refractivity contribution in [2.75, 3.05) is 0 Å². The number of carbonyl (C=O) groups is 2. The van der Waals surface area contributed by atoms with Crippen LogP contribution in [0.1, 0.15) is 15.9 Å². The van der Waals surface area contributed by atoms with E-state index >= 15 is 0 Å². The number of carboxylic acid groups (broad SMARTS) is 1. The minimum atomic E-state index is -3.22. The van der Waals surface area contributed by atoms with Crippen molar-refractivity contribution in [3.63, 3.8) is 0 Å². The molecule has 1 rings (SSSR count). The normalized spacial score (nSPS) is 10.9. The molecule has 0 spiro atoms. The second kappa shape index (κ2) is 5.85. The van der Waals surface area contributed by atoms with Crippen LogP contribution in [-0.4, -0.2) is 24.0 Å². The van der Waals surface area contributed by atoms with Crippen molar-refractivity contribution in [2.45, 2.75) is 6.61 Å². The zero-order valence-electron chi connectivity index (χ0n) is 8.77. The van der Waals surface area contributed by atoms with Crippen LogP contribution < -0.4 is 4.74 Å². The monoisotopic (exact) mass is 260 g/mol. The molecule has 0 fully saturated rings. The van der Waals surface area contributed by atoms with Crippen LogP contribution in [0.3, 0.4) is 0 Å². The van der Waals surface area contributed by atoms with Crippen molar-refractivity contribution >= 4 is 18.3 Å². The number of hydrogen-bond donors (Lipinski definition) is 1. The van der Waals surface area contributed by atoms with Gasteiger partial charge in [0.15, 0.2) is 6.29 Å². The molecule has 0 heterocycles. The van der Waals surface area contributed by atoms with E-state index in [1.807, 2.05) is 0 Å². The van der Waals surface area contributed by atoms with Gasteiger partial charge in [-0.25, -0.2) is 9.18 Å². The minimum Gasteiger partial charge on any atom is -0.478 e. The molecule has 0 saturated heterocycles. The molecule has 1 aromatic rings. The Balaban J connectivity index is 3.20. The molecule has 0 unspecified atom stereocenters. The topological polar surface area (TPSA) is 63.6 Å². The average Bonchev–Trinajstić information content (AvgIpc) is 2.25. The van der Waals surface area contributed by atoms with E-state index in [0.717, 1.165) is 18.2 Å². The smallest absolute Gasteiger partial charge is 0.387 e. The van der Waals surface area contributed by atoms with E-state index in [1.165, 1.54) is 0 Å². The van der Waals surface area contributed by atoms with Crippen molar-refractivity contribution in [2.24, 2.45) is 0 Å². The fourth-order valence-corrected chi connectivity index (χ4v) is 1.18. The van der Waals surface area contributed by atoms with Gasteiger partial charge in [-0.3, -0.25) is 4.79 Å². The molecule has 96 valence electrons. The number of aliphatic carboxylic acids is 1. The van der Waals surface area contributed by atoms with Gasteiger partial charge in [0.25, 0.3) is 0 Å². The van der Waals surface area contributed by atoms with Crippen LogP contribution in [-0.2, 0) is 4.79 Å². The number of alkyl halides is 2. The van der Waals surface area contributed by atoms with E-state index in [9.17, 15) is 22.8 Å². The molecule has 1 N–H and O–H groups in total. The molecule has 0 aromatic heterocycles. The molecule has 0 aliphatic heterocycles. The summed E-state index contributed by atoms with van der Waals surface area (Å²) in [6, 6.07) is 1.78. The Hall–Kier alpha value is -2.31. The predicted molar refractivity (Wildman–Crippen MR) is 55.1 cm³/mol. The number of carbonyl (C=O) groups excluding carboxylic acids is 1.